The first kappa shape index (κ1) is 20.0. The standard InChI is InChI=1S/C16H23ClF3N3O2/c1-2-3-4-13-22-14(17)12(9-25-15(24)16(18,19)20)23(13)8-10-5-6-11(21)7-10/h10-11H,2-9,21H2,1H3/t10-,11-/m0/s1. The van der Waals surface area contributed by atoms with Gasteiger partial charge in [0.05, 0.1) is 5.69 Å². The largest absolute Gasteiger partial charge is 0.490 e. The molecule has 2 rings (SSSR count). The molecule has 2 atom stereocenters. The summed E-state index contributed by atoms with van der Waals surface area (Å²) in [5, 5.41) is 0.0865. The normalized spacial score (nSPS) is 20.9. The predicted molar refractivity (Wildman–Crippen MR) is 87.0 cm³/mol. The molecule has 1 aromatic heterocycles. The summed E-state index contributed by atoms with van der Waals surface area (Å²) in [5.74, 6) is -1.20. The summed E-state index contributed by atoms with van der Waals surface area (Å²) in [6.45, 7) is 2.07. The first-order valence-electron chi connectivity index (χ1n) is 8.45. The summed E-state index contributed by atoms with van der Waals surface area (Å²) in [7, 11) is 0. The molecule has 1 aromatic rings. The van der Waals surface area contributed by atoms with Crippen LogP contribution in [0.15, 0.2) is 0 Å². The minimum absolute atomic E-state index is 0.0865. The Hall–Kier alpha value is -1.28. The van der Waals surface area contributed by atoms with Gasteiger partial charge in [0.15, 0.2) is 5.15 Å². The van der Waals surface area contributed by atoms with Crippen molar-refractivity contribution in [2.45, 2.75) is 70.8 Å². The van der Waals surface area contributed by atoms with Crippen LogP contribution in [0, 0.1) is 5.92 Å². The molecule has 9 heteroatoms. The van der Waals surface area contributed by atoms with Crippen LogP contribution < -0.4 is 5.73 Å². The molecule has 1 saturated carbocycles. The van der Waals surface area contributed by atoms with Gasteiger partial charge in [-0.2, -0.15) is 13.2 Å². The number of carbonyl (C=O) groups excluding carboxylic acids is 1. The van der Waals surface area contributed by atoms with Crippen LogP contribution in [0.25, 0.3) is 0 Å². The van der Waals surface area contributed by atoms with Crippen LogP contribution in [-0.4, -0.2) is 27.7 Å². The number of ether oxygens (including phenoxy) is 1. The Bertz CT molecular complexity index is 604. The number of nitrogens with zero attached hydrogens (tertiary/aromatic N) is 2. The molecule has 1 aliphatic carbocycles. The minimum atomic E-state index is -5.03. The van der Waals surface area contributed by atoms with Crippen LogP contribution in [0.3, 0.4) is 0 Å². The van der Waals surface area contributed by atoms with E-state index in [1.54, 1.807) is 0 Å². The van der Waals surface area contributed by atoms with E-state index >= 15 is 0 Å². The number of alkyl halides is 3. The van der Waals surface area contributed by atoms with Gasteiger partial charge in [-0.25, -0.2) is 9.78 Å². The molecule has 0 aromatic carbocycles. The van der Waals surface area contributed by atoms with Gasteiger partial charge in [0, 0.05) is 19.0 Å². The molecule has 0 radical (unpaired) electrons. The Kier molecular flexibility index (Phi) is 6.73. The van der Waals surface area contributed by atoms with Crippen molar-refractivity contribution in [3.05, 3.63) is 16.7 Å². The summed E-state index contributed by atoms with van der Waals surface area (Å²) in [5.41, 5.74) is 6.25. The number of carbonyl (C=O) groups is 1. The Morgan fingerprint density at radius 3 is 2.72 bits per heavy atom. The molecule has 5 nitrogen and oxygen atoms in total. The quantitative estimate of drug-likeness (QED) is 0.732. The van der Waals surface area contributed by atoms with Gasteiger partial charge >= 0.3 is 12.1 Å². The summed E-state index contributed by atoms with van der Waals surface area (Å²) < 4.78 is 43.2. The third-order valence-corrected chi connectivity index (χ3v) is 4.75. The maximum Gasteiger partial charge on any atom is 0.490 e. The summed E-state index contributed by atoms with van der Waals surface area (Å²) in [4.78, 5) is 15.3. The molecule has 1 heterocycles. The van der Waals surface area contributed by atoms with E-state index in [1.165, 1.54) is 0 Å². The van der Waals surface area contributed by atoms with E-state index in [9.17, 15) is 18.0 Å². The second-order valence-electron chi connectivity index (χ2n) is 6.49. The molecule has 1 fully saturated rings. The van der Waals surface area contributed by atoms with Gasteiger partial charge < -0.3 is 15.0 Å². The van der Waals surface area contributed by atoms with Crippen LogP contribution in [0.4, 0.5) is 13.2 Å². The second-order valence-corrected chi connectivity index (χ2v) is 6.85. The number of esters is 1. The number of halogens is 4. The fraction of sp³-hybridized carbons (Fsp3) is 0.750. The number of hydrogen-bond acceptors (Lipinski definition) is 4. The van der Waals surface area contributed by atoms with Gasteiger partial charge in [-0.1, -0.05) is 24.9 Å². The van der Waals surface area contributed by atoms with Crippen molar-refractivity contribution < 1.29 is 22.7 Å². The molecule has 0 bridgehead atoms. The number of aryl methyl sites for hydroxylation is 1. The van der Waals surface area contributed by atoms with E-state index in [1.807, 2.05) is 11.5 Å². The maximum atomic E-state index is 12.4. The van der Waals surface area contributed by atoms with E-state index in [0.29, 0.717) is 30.4 Å². The topological polar surface area (TPSA) is 70.1 Å². The zero-order chi connectivity index (χ0) is 18.6. The molecule has 0 aliphatic heterocycles. The predicted octanol–water partition coefficient (Wildman–Crippen LogP) is 3.61. The molecule has 0 spiro atoms. The zero-order valence-corrected chi connectivity index (χ0v) is 14.9. The van der Waals surface area contributed by atoms with Crippen molar-refractivity contribution >= 4 is 17.6 Å². The highest BCUT2D eigenvalue weighted by molar-refractivity contribution is 6.30. The summed E-state index contributed by atoms with van der Waals surface area (Å²) in [6.07, 6.45) is 0.214. The van der Waals surface area contributed by atoms with Gasteiger partial charge in [-0.3, -0.25) is 0 Å². The Morgan fingerprint density at radius 2 is 2.16 bits per heavy atom. The van der Waals surface area contributed by atoms with Crippen LogP contribution in [0.5, 0.6) is 0 Å². The Labute approximate surface area is 149 Å². The molecule has 1 aliphatic rings. The van der Waals surface area contributed by atoms with Gasteiger partial charge in [-0.05, 0) is 31.6 Å². The van der Waals surface area contributed by atoms with E-state index in [4.69, 9.17) is 17.3 Å². The van der Waals surface area contributed by atoms with Crippen LogP contribution >= 0.6 is 11.6 Å². The second kappa shape index (κ2) is 8.40. The number of imidazole rings is 1. The average Bonchev–Trinajstić information content (AvgIpc) is 3.06. The Balaban J connectivity index is 2.18. The highest BCUT2D eigenvalue weighted by Gasteiger charge is 2.41. The molecular weight excluding hydrogens is 359 g/mol. The zero-order valence-electron chi connectivity index (χ0n) is 14.1. The number of aromatic nitrogens is 2. The van der Waals surface area contributed by atoms with Crippen LogP contribution in [0.2, 0.25) is 5.15 Å². The molecule has 0 unspecified atom stereocenters. The Morgan fingerprint density at radius 1 is 1.44 bits per heavy atom. The smallest absolute Gasteiger partial charge is 0.452 e. The van der Waals surface area contributed by atoms with E-state index in [2.05, 4.69) is 9.72 Å². The number of nitrogens with two attached hydrogens (primary N) is 1. The van der Waals surface area contributed by atoms with E-state index in [0.717, 1.165) is 32.1 Å². The third kappa shape index (κ3) is 5.34. The molecule has 142 valence electrons. The first-order chi connectivity index (χ1) is 11.7. The molecular formula is C16H23ClF3N3O2. The minimum Gasteiger partial charge on any atom is -0.452 e. The monoisotopic (exact) mass is 381 g/mol. The van der Waals surface area contributed by atoms with E-state index < -0.39 is 18.8 Å². The highest BCUT2D eigenvalue weighted by atomic mass is 35.5. The van der Waals surface area contributed by atoms with Gasteiger partial charge in [0.2, 0.25) is 0 Å². The van der Waals surface area contributed by atoms with Crippen LogP contribution in [-0.2, 0) is 29.1 Å². The van der Waals surface area contributed by atoms with Gasteiger partial charge in [0.1, 0.15) is 12.4 Å². The van der Waals surface area contributed by atoms with Gasteiger partial charge in [-0.15, -0.1) is 0 Å². The van der Waals surface area contributed by atoms with Crippen molar-refractivity contribution in [1.29, 1.82) is 0 Å². The lowest BCUT2D eigenvalue weighted by Gasteiger charge is -2.17. The van der Waals surface area contributed by atoms with Crippen molar-refractivity contribution in [2.24, 2.45) is 11.7 Å². The molecule has 2 N–H and O–H groups in total. The van der Waals surface area contributed by atoms with Crippen molar-refractivity contribution in [2.75, 3.05) is 0 Å². The lowest BCUT2D eigenvalue weighted by atomic mass is 10.1. The highest BCUT2D eigenvalue weighted by Crippen LogP contribution is 2.29. The van der Waals surface area contributed by atoms with Crippen molar-refractivity contribution in [3.8, 4) is 0 Å². The molecule has 0 saturated heterocycles. The lowest BCUT2D eigenvalue weighted by molar-refractivity contribution is -0.201. The lowest BCUT2D eigenvalue weighted by Crippen LogP contribution is -2.26. The SMILES string of the molecule is CCCCc1nc(Cl)c(COC(=O)C(F)(F)F)n1C[C@H]1CC[C@H](N)C1. The number of unbranched alkanes of at least 4 members (excludes halogenated alkanes) is 1. The number of rotatable bonds is 7. The van der Waals surface area contributed by atoms with E-state index in [-0.39, 0.29) is 11.2 Å². The van der Waals surface area contributed by atoms with Crippen LogP contribution in [0.1, 0.15) is 50.5 Å². The fourth-order valence-electron chi connectivity index (χ4n) is 3.14. The molecule has 25 heavy (non-hydrogen) atoms. The number of hydrogen-bond donors (Lipinski definition) is 1. The van der Waals surface area contributed by atoms with Crippen molar-refractivity contribution in [1.82, 2.24) is 9.55 Å². The van der Waals surface area contributed by atoms with Gasteiger partial charge in [0.25, 0.3) is 0 Å². The van der Waals surface area contributed by atoms with Crippen molar-refractivity contribution in [3.63, 3.8) is 0 Å². The summed E-state index contributed by atoms with van der Waals surface area (Å²) >= 11 is 6.11. The first-order valence-corrected chi connectivity index (χ1v) is 8.83. The average molecular weight is 382 g/mol. The third-order valence-electron chi connectivity index (χ3n) is 4.45. The molecule has 0 amide bonds. The summed E-state index contributed by atoms with van der Waals surface area (Å²) in [6, 6.07) is 0.148. The fourth-order valence-corrected chi connectivity index (χ4v) is 3.39. The maximum absolute atomic E-state index is 12.4.